The van der Waals surface area contributed by atoms with Crippen LogP contribution in [0, 0.1) is 6.92 Å². The predicted octanol–water partition coefficient (Wildman–Crippen LogP) is 3.15. The van der Waals surface area contributed by atoms with Gasteiger partial charge in [0.05, 0.1) is 4.90 Å². The van der Waals surface area contributed by atoms with Crippen molar-refractivity contribution in [2.75, 3.05) is 13.6 Å². The Kier molecular flexibility index (Phi) is 5.63. The molecule has 0 fully saturated rings. The highest BCUT2D eigenvalue weighted by Gasteiger charge is 2.22. The average Bonchev–Trinajstić information content (AvgIpc) is 2.36. The number of rotatable bonds is 6. The van der Waals surface area contributed by atoms with Gasteiger partial charge in [-0.05, 0) is 30.5 Å². The molecular formula is C13H20ClNO2S. The van der Waals surface area contributed by atoms with Crippen molar-refractivity contribution >= 4 is 21.6 Å². The first kappa shape index (κ1) is 15.5. The lowest BCUT2D eigenvalue weighted by Crippen LogP contribution is -2.28. The zero-order valence-corrected chi connectivity index (χ0v) is 12.7. The highest BCUT2D eigenvalue weighted by molar-refractivity contribution is 7.89. The van der Waals surface area contributed by atoms with E-state index in [9.17, 15) is 8.42 Å². The molecule has 102 valence electrons. The fourth-order valence-electron chi connectivity index (χ4n) is 1.67. The number of hydrogen-bond acceptors (Lipinski definition) is 2. The number of unbranched alkanes of at least 4 members (excludes halogenated alkanes) is 1. The van der Waals surface area contributed by atoms with Crippen molar-refractivity contribution in [3.05, 3.63) is 29.3 Å². The normalized spacial score (nSPS) is 12.1. The third-order valence-corrected chi connectivity index (χ3v) is 5.23. The molecule has 0 aliphatic heterocycles. The first-order valence-corrected chi connectivity index (χ1v) is 8.02. The Morgan fingerprint density at radius 1 is 1.33 bits per heavy atom. The zero-order chi connectivity index (χ0) is 13.8. The van der Waals surface area contributed by atoms with Crippen molar-refractivity contribution in [3.8, 4) is 0 Å². The molecule has 0 radical (unpaired) electrons. The maximum Gasteiger partial charge on any atom is 0.243 e. The van der Waals surface area contributed by atoms with Gasteiger partial charge in [-0.3, -0.25) is 0 Å². The molecule has 0 heterocycles. The molecule has 0 aliphatic carbocycles. The van der Waals surface area contributed by atoms with Gasteiger partial charge in [0, 0.05) is 19.5 Å². The minimum absolute atomic E-state index is 0.321. The van der Waals surface area contributed by atoms with Crippen LogP contribution in [-0.4, -0.2) is 26.3 Å². The highest BCUT2D eigenvalue weighted by atomic mass is 35.5. The Hall–Kier alpha value is -0.580. The first-order chi connectivity index (χ1) is 8.43. The third kappa shape index (κ3) is 3.46. The van der Waals surface area contributed by atoms with Gasteiger partial charge in [-0.25, -0.2) is 12.7 Å². The van der Waals surface area contributed by atoms with E-state index >= 15 is 0 Å². The third-order valence-electron chi connectivity index (χ3n) is 2.92. The summed E-state index contributed by atoms with van der Waals surface area (Å²) in [6.07, 6.45) is 1.84. The van der Waals surface area contributed by atoms with E-state index in [1.54, 1.807) is 26.1 Å². The number of benzene rings is 1. The Labute approximate surface area is 115 Å². The van der Waals surface area contributed by atoms with Crippen LogP contribution in [0.15, 0.2) is 23.1 Å². The summed E-state index contributed by atoms with van der Waals surface area (Å²) in [5.74, 6) is 0.321. The summed E-state index contributed by atoms with van der Waals surface area (Å²) in [6.45, 7) is 4.39. The fraction of sp³-hybridized carbons (Fsp3) is 0.538. The SMILES string of the molecule is CCCCN(C)S(=O)(=O)c1cc(CCl)ccc1C. The second-order valence-electron chi connectivity index (χ2n) is 4.41. The monoisotopic (exact) mass is 289 g/mol. The summed E-state index contributed by atoms with van der Waals surface area (Å²) in [7, 11) is -1.78. The molecule has 0 unspecified atom stereocenters. The second-order valence-corrected chi connectivity index (χ2v) is 6.69. The number of nitrogens with zero attached hydrogens (tertiary/aromatic N) is 1. The van der Waals surface area contributed by atoms with Crippen LogP contribution >= 0.6 is 11.6 Å². The van der Waals surface area contributed by atoms with Crippen molar-refractivity contribution in [2.45, 2.75) is 37.5 Å². The van der Waals surface area contributed by atoms with Crippen LogP contribution in [0.4, 0.5) is 0 Å². The van der Waals surface area contributed by atoms with E-state index in [0.29, 0.717) is 17.3 Å². The lowest BCUT2D eigenvalue weighted by atomic mass is 10.2. The van der Waals surface area contributed by atoms with Crippen LogP contribution < -0.4 is 0 Å². The Morgan fingerprint density at radius 2 is 2.00 bits per heavy atom. The number of halogens is 1. The van der Waals surface area contributed by atoms with Crippen molar-refractivity contribution in [1.29, 1.82) is 0 Å². The van der Waals surface area contributed by atoms with Gasteiger partial charge in [0.1, 0.15) is 0 Å². The molecular weight excluding hydrogens is 270 g/mol. The summed E-state index contributed by atoms with van der Waals surface area (Å²) < 4.78 is 26.2. The van der Waals surface area contributed by atoms with Crippen molar-refractivity contribution < 1.29 is 8.42 Å². The van der Waals surface area contributed by atoms with E-state index in [-0.39, 0.29) is 0 Å². The fourth-order valence-corrected chi connectivity index (χ4v) is 3.32. The largest absolute Gasteiger partial charge is 0.243 e. The van der Waals surface area contributed by atoms with Gasteiger partial charge in [0.15, 0.2) is 0 Å². The van der Waals surface area contributed by atoms with Gasteiger partial charge in [-0.15, -0.1) is 11.6 Å². The summed E-state index contributed by atoms with van der Waals surface area (Å²) in [5.41, 5.74) is 1.58. The molecule has 0 aromatic heterocycles. The predicted molar refractivity (Wildman–Crippen MR) is 75.5 cm³/mol. The lowest BCUT2D eigenvalue weighted by molar-refractivity contribution is 0.459. The minimum atomic E-state index is -3.40. The van der Waals surface area contributed by atoms with E-state index in [1.165, 1.54) is 4.31 Å². The van der Waals surface area contributed by atoms with Gasteiger partial charge < -0.3 is 0 Å². The first-order valence-electron chi connectivity index (χ1n) is 6.05. The molecule has 0 N–H and O–H groups in total. The van der Waals surface area contributed by atoms with Gasteiger partial charge in [0.25, 0.3) is 0 Å². The number of alkyl halides is 1. The van der Waals surface area contributed by atoms with E-state index in [2.05, 4.69) is 0 Å². The summed E-state index contributed by atoms with van der Waals surface area (Å²) in [6, 6.07) is 5.33. The quantitative estimate of drug-likeness (QED) is 0.755. The molecule has 0 aliphatic rings. The van der Waals surface area contributed by atoms with E-state index in [4.69, 9.17) is 11.6 Å². The van der Waals surface area contributed by atoms with Crippen LogP contribution in [0.25, 0.3) is 0 Å². The van der Waals surface area contributed by atoms with Crippen molar-refractivity contribution in [1.82, 2.24) is 4.31 Å². The average molecular weight is 290 g/mol. The van der Waals surface area contributed by atoms with Gasteiger partial charge in [-0.2, -0.15) is 0 Å². The summed E-state index contributed by atoms with van der Waals surface area (Å²) in [5, 5.41) is 0. The molecule has 1 aromatic rings. The molecule has 18 heavy (non-hydrogen) atoms. The lowest BCUT2D eigenvalue weighted by Gasteiger charge is -2.18. The van der Waals surface area contributed by atoms with E-state index < -0.39 is 10.0 Å². The van der Waals surface area contributed by atoms with Crippen LogP contribution in [-0.2, 0) is 15.9 Å². The molecule has 0 bridgehead atoms. The molecule has 0 atom stereocenters. The van der Waals surface area contributed by atoms with E-state index in [1.807, 2.05) is 13.0 Å². The number of sulfonamides is 1. The summed E-state index contributed by atoms with van der Waals surface area (Å²) >= 11 is 5.76. The molecule has 5 heteroatoms. The molecule has 1 rings (SSSR count). The number of aryl methyl sites for hydroxylation is 1. The second kappa shape index (κ2) is 6.55. The summed E-state index contributed by atoms with van der Waals surface area (Å²) in [4.78, 5) is 0.360. The molecule has 0 spiro atoms. The Balaban J connectivity index is 3.11. The molecule has 0 amide bonds. The Morgan fingerprint density at radius 3 is 2.56 bits per heavy atom. The topological polar surface area (TPSA) is 37.4 Å². The van der Waals surface area contributed by atoms with Crippen LogP contribution in [0.5, 0.6) is 0 Å². The van der Waals surface area contributed by atoms with E-state index in [0.717, 1.165) is 24.0 Å². The molecule has 3 nitrogen and oxygen atoms in total. The minimum Gasteiger partial charge on any atom is -0.207 e. The van der Waals surface area contributed by atoms with Crippen LogP contribution in [0.1, 0.15) is 30.9 Å². The zero-order valence-electron chi connectivity index (χ0n) is 11.1. The smallest absolute Gasteiger partial charge is 0.207 e. The molecule has 1 aromatic carbocycles. The highest BCUT2D eigenvalue weighted by Crippen LogP contribution is 2.21. The Bertz CT molecular complexity index is 500. The van der Waals surface area contributed by atoms with Crippen molar-refractivity contribution in [2.24, 2.45) is 0 Å². The standard InChI is InChI=1S/C13H20ClNO2S/c1-4-5-8-15(3)18(16,17)13-9-12(10-14)7-6-11(13)2/h6-7,9H,4-5,8,10H2,1-3H3. The molecule has 0 saturated carbocycles. The van der Waals surface area contributed by atoms with Gasteiger partial charge >= 0.3 is 0 Å². The maximum absolute atomic E-state index is 12.4. The van der Waals surface area contributed by atoms with Crippen molar-refractivity contribution in [3.63, 3.8) is 0 Å². The molecule has 0 saturated heterocycles. The van der Waals surface area contributed by atoms with Crippen LogP contribution in [0.3, 0.4) is 0 Å². The van der Waals surface area contributed by atoms with Gasteiger partial charge in [-0.1, -0.05) is 25.5 Å². The van der Waals surface area contributed by atoms with Crippen LogP contribution in [0.2, 0.25) is 0 Å². The van der Waals surface area contributed by atoms with Gasteiger partial charge in [0.2, 0.25) is 10.0 Å². The number of hydrogen-bond donors (Lipinski definition) is 0. The maximum atomic E-state index is 12.4.